The van der Waals surface area contributed by atoms with Gasteiger partial charge in [0, 0.05) is 12.6 Å². The maximum atomic E-state index is 5.49. The van der Waals surface area contributed by atoms with E-state index in [1.807, 2.05) is 6.07 Å². The average Bonchev–Trinajstić information content (AvgIpc) is 3.02. The van der Waals surface area contributed by atoms with Crippen LogP contribution in [0.4, 0.5) is 0 Å². The molecule has 3 nitrogen and oxygen atoms in total. The molecule has 2 atom stereocenters. The molecule has 2 aromatic rings. The minimum absolute atomic E-state index is 0.330. The first-order valence-corrected chi connectivity index (χ1v) is 7.79. The van der Waals surface area contributed by atoms with Crippen molar-refractivity contribution in [3.63, 3.8) is 0 Å². The van der Waals surface area contributed by atoms with Gasteiger partial charge in [-0.05, 0) is 43.1 Å². The molecule has 0 saturated carbocycles. The Morgan fingerprint density at radius 1 is 1.00 bits per heavy atom. The van der Waals surface area contributed by atoms with Gasteiger partial charge in [-0.3, -0.25) is 4.90 Å². The first-order valence-electron chi connectivity index (χ1n) is 7.79. The van der Waals surface area contributed by atoms with Gasteiger partial charge in [0.05, 0.1) is 0 Å². The Morgan fingerprint density at radius 3 is 2.50 bits per heavy atom. The van der Waals surface area contributed by atoms with Crippen molar-refractivity contribution in [3.8, 4) is 11.5 Å². The molecule has 0 radical (unpaired) electrons. The van der Waals surface area contributed by atoms with E-state index in [0.717, 1.165) is 18.0 Å². The quantitative estimate of drug-likeness (QED) is 0.831. The summed E-state index contributed by atoms with van der Waals surface area (Å²) in [6.07, 6.45) is 0. The zero-order valence-electron chi connectivity index (χ0n) is 13.5. The third-order valence-electron chi connectivity index (χ3n) is 4.62. The molecule has 0 unspecified atom stereocenters. The summed E-state index contributed by atoms with van der Waals surface area (Å²) in [4.78, 5) is 2.39. The number of benzene rings is 2. The lowest BCUT2D eigenvalue weighted by molar-refractivity contribution is 0.174. The standard InChI is InChI=1S/C19H23NO2/c1-14(17-9-10-18-19(11-17)22-13-21-18)15(2)20(3)12-16-7-5-4-6-8-16/h4-11,14-15H,12-13H2,1-3H3/t14-,15+/m1/s1. The molecule has 2 aromatic carbocycles. The van der Waals surface area contributed by atoms with Crippen LogP contribution in [0.15, 0.2) is 48.5 Å². The molecule has 1 heterocycles. The molecule has 22 heavy (non-hydrogen) atoms. The van der Waals surface area contributed by atoms with Crippen LogP contribution in [0.3, 0.4) is 0 Å². The van der Waals surface area contributed by atoms with Gasteiger partial charge in [-0.25, -0.2) is 0 Å². The summed E-state index contributed by atoms with van der Waals surface area (Å²) in [6.45, 7) is 5.83. The van der Waals surface area contributed by atoms with Gasteiger partial charge in [-0.1, -0.05) is 43.3 Å². The van der Waals surface area contributed by atoms with Crippen molar-refractivity contribution in [3.05, 3.63) is 59.7 Å². The summed E-state index contributed by atoms with van der Waals surface area (Å²) in [5.74, 6) is 2.13. The fourth-order valence-corrected chi connectivity index (χ4v) is 2.87. The molecule has 1 aliphatic rings. The van der Waals surface area contributed by atoms with Crippen molar-refractivity contribution in [2.45, 2.75) is 32.4 Å². The van der Waals surface area contributed by atoms with Gasteiger partial charge in [0.2, 0.25) is 6.79 Å². The third-order valence-corrected chi connectivity index (χ3v) is 4.62. The SMILES string of the molecule is C[C@@H](c1ccc2c(c1)OCO2)[C@H](C)N(C)Cc1ccccc1. The third kappa shape index (κ3) is 3.09. The van der Waals surface area contributed by atoms with Crippen LogP contribution < -0.4 is 9.47 Å². The molecule has 0 fully saturated rings. The number of hydrogen-bond acceptors (Lipinski definition) is 3. The van der Waals surface area contributed by atoms with E-state index in [0.29, 0.717) is 18.8 Å². The molecule has 3 heteroatoms. The van der Waals surface area contributed by atoms with Gasteiger partial charge >= 0.3 is 0 Å². The summed E-state index contributed by atoms with van der Waals surface area (Å²) < 4.78 is 10.9. The van der Waals surface area contributed by atoms with Crippen LogP contribution in [0, 0.1) is 0 Å². The Bertz CT molecular complexity index is 627. The molecular weight excluding hydrogens is 274 g/mol. The molecule has 0 amide bonds. The molecule has 3 rings (SSSR count). The van der Waals surface area contributed by atoms with Crippen molar-refractivity contribution in [2.75, 3.05) is 13.8 Å². The predicted molar refractivity (Wildman–Crippen MR) is 88.4 cm³/mol. The number of likely N-dealkylation sites (N-methyl/N-ethyl adjacent to an activating group) is 1. The van der Waals surface area contributed by atoms with Gasteiger partial charge in [-0.15, -0.1) is 0 Å². The van der Waals surface area contributed by atoms with E-state index in [2.05, 4.69) is 68.3 Å². The average molecular weight is 297 g/mol. The van der Waals surface area contributed by atoms with Crippen molar-refractivity contribution < 1.29 is 9.47 Å². The molecule has 0 aliphatic carbocycles. The van der Waals surface area contributed by atoms with Crippen LogP contribution in [0.5, 0.6) is 11.5 Å². The van der Waals surface area contributed by atoms with Crippen LogP contribution in [0.2, 0.25) is 0 Å². The second-order valence-electron chi connectivity index (χ2n) is 6.04. The first kappa shape index (κ1) is 14.9. The molecule has 0 bridgehead atoms. The Balaban J connectivity index is 1.69. The maximum absolute atomic E-state index is 5.49. The van der Waals surface area contributed by atoms with Crippen molar-refractivity contribution in [2.24, 2.45) is 0 Å². The van der Waals surface area contributed by atoms with Crippen LogP contribution in [0.25, 0.3) is 0 Å². The van der Waals surface area contributed by atoms with Gasteiger partial charge in [0.15, 0.2) is 11.5 Å². The first-order chi connectivity index (χ1) is 10.6. The topological polar surface area (TPSA) is 21.7 Å². The van der Waals surface area contributed by atoms with Crippen LogP contribution >= 0.6 is 0 Å². The van der Waals surface area contributed by atoms with Gasteiger partial charge < -0.3 is 9.47 Å². The highest BCUT2D eigenvalue weighted by Crippen LogP contribution is 2.35. The number of nitrogens with zero attached hydrogens (tertiary/aromatic N) is 1. The Hall–Kier alpha value is -2.00. The summed E-state index contributed by atoms with van der Waals surface area (Å²) >= 11 is 0. The highest BCUT2D eigenvalue weighted by Gasteiger charge is 2.21. The molecular formula is C19H23NO2. The lowest BCUT2D eigenvalue weighted by Gasteiger charge is -2.30. The van der Waals surface area contributed by atoms with Gasteiger partial charge in [-0.2, -0.15) is 0 Å². The second-order valence-corrected chi connectivity index (χ2v) is 6.04. The van der Waals surface area contributed by atoms with E-state index in [-0.39, 0.29) is 0 Å². The lowest BCUT2D eigenvalue weighted by atomic mass is 9.93. The Morgan fingerprint density at radius 2 is 1.73 bits per heavy atom. The molecule has 0 aromatic heterocycles. The Labute approximate surface area is 132 Å². The molecule has 116 valence electrons. The number of ether oxygens (including phenoxy) is 2. The number of rotatable bonds is 5. The maximum Gasteiger partial charge on any atom is 0.231 e. The van der Waals surface area contributed by atoms with E-state index >= 15 is 0 Å². The van der Waals surface area contributed by atoms with E-state index in [1.54, 1.807) is 0 Å². The molecule has 0 spiro atoms. The largest absolute Gasteiger partial charge is 0.454 e. The van der Waals surface area contributed by atoms with Crippen LogP contribution in [0.1, 0.15) is 30.9 Å². The van der Waals surface area contributed by atoms with Gasteiger partial charge in [0.1, 0.15) is 0 Å². The number of fused-ring (bicyclic) bond motifs is 1. The zero-order valence-corrected chi connectivity index (χ0v) is 13.5. The van der Waals surface area contributed by atoms with E-state index < -0.39 is 0 Å². The van der Waals surface area contributed by atoms with E-state index in [1.165, 1.54) is 11.1 Å². The molecule has 0 saturated heterocycles. The van der Waals surface area contributed by atoms with Crippen molar-refractivity contribution in [1.82, 2.24) is 4.90 Å². The smallest absolute Gasteiger partial charge is 0.231 e. The lowest BCUT2D eigenvalue weighted by Crippen LogP contribution is -2.32. The minimum Gasteiger partial charge on any atom is -0.454 e. The van der Waals surface area contributed by atoms with Crippen molar-refractivity contribution in [1.29, 1.82) is 0 Å². The fraction of sp³-hybridized carbons (Fsp3) is 0.368. The van der Waals surface area contributed by atoms with E-state index in [4.69, 9.17) is 9.47 Å². The van der Waals surface area contributed by atoms with Crippen LogP contribution in [-0.2, 0) is 6.54 Å². The summed E-state index contributed by atoms with van der Waals surface area (Å²) in [5.41, 5.74) is 2.63. The van der Waals surface area contributed by atoms with Crippen molar-refractivity contribution >= 4 is 0 Å². The number of hydrogen-bond donors (Lipinski definition) is 0. The summed E-state index contributed by atoms with van der Waals surface area (Å²) in [7, 11) is 2.18. The molecule has 1 aliphatic heterocycles. The van der Waals surface area contributed by atoms with Crippen LogP contribution in [-0.4, -0.2) is 24.8 Å². The monoisotopic (exact) mass is 297 g/mol. The normalized spacial score (nSPS) is 15.8. The van der Waals surface area contributed by atoms with Gasteiger partial charge in [0.25, 0.3) is 0 Å². The fourth-order valence-electron chi connectivity index (χ4n) is 2.87. The predicted octanol–water partition coefficient (Wildman–Crippen LogP) is 4.04. The molecule has 0 N–H and O–H groups in total. The summed E-state index contributed by atoms with van der Waals surface area (Å²) in [5, 5.41) is 0. The summed E-state index contributed by atoms with van der Waals surface area (Å²) in [6, 6.07) is 17.3. The highest BCUT2D eigenvalue weighted by atomic mass is 16.7. The highest BCUT2D eigenvalue weighted by molar-refractivity contribution is 5.45. The van der Waals surface area contributed by atoms with E-state index in [9.17, 15) is 0 Å². The Kier molecular flexibility index (Phi) is 4.34. The minimum atomic E-state index is 0.330. The zero-order chi connectivity index (χ0) is 15.5. The second kappa shape index (κ2) is 6.41.